The molecule has 0 radical (unpaired) electrons. The second kappa shape index (κ2) is 8.54. The number of halogens is 1. The van der Waals surface area contributed by atoms with Gasteiger partial charge in [-0.25, -0.2) is 4.39 Å². The molecule has 0 bridgehead atoms. The van der Waals surface area contributed by atoms with Crippen LogP contribution in [0.25, 0.3) is 10.9 Å². The van der Waals surface area contributed by atoms with Gasteiger partial charge in [-0.1, -0.05) is 48.5 Å². The van der Waals surface area contributed by atoms with E-state index < -0.39 is 0 Å². The fourth-order valence-electron chi connectivity index (χ4n) is 3.86. The number of nitrogens with one attached hydrogen (secondary N) is 1. The maximum absolute atomic E-state index is 14.2. The Bertz CT molecular complexity index is 1190. The molecule has 30 heavy (non-hydrogen) atoms. The highest BCUT2D eigenvalue weighted by molar-refractivity contribution is 5.99. The Labute approximate surface area is 176 Å². The Kier molecular flexibility index (Phi) is 5.66. The van der Waals surface area contributed by atoms with Gasteiger partial charge in [-0.2, -0.15) is 0 Å². The van der Waals surface area contributed by atoms with Crippen LogP contribution < -0.4 is 5.32 Å². The Morgan fingerprint density at radius 3 is 2.47 bits per heavy atom. The number of amides is 1. The standard InChI is InChI=1S/C26H25FN2O/c1-18-19(2)29(17-22-10-6-7-11-24(22)27)25-13-12-21(16-23(18)25)26(30)28-15-14-20-8-4-3-5-9-20/h3-13,16H,14-15,17H2,1-2H3,(H,28,30). The summed E-state index contributed by atoms with van der Waals surface area (Å²) in [5.74, 6) is -0.280. The van der Waals surface area contributed by atoms with Gasteiger partial charge in [0.1, 0.15) is 5.82 Å². The fourth-order valence-corrected chi connectivity index (χ4v) is 3.86. The van der Waals surface area contributed by atoms with Crippen LogP contribution >= 0.6 is 0 Å². The van der Waals surface area contributed by atoms with Gasteiger partial charge in [-0.05, 0) is 55.7 Å². The molecular formula is C26H25FN2O. The van der Waals surface area contributed by atoms with Crippen LogP contribution in [-0.2, 0) is 13.0 Å². The molecule has 1 amide bonds. The van der Waals surface area contributed by atoms with E-state index in [0.717, 1.165) is 28.6 Å². The third-order valence-electron chi connectivity index (χ3n) is 5.73. The number of fused-ring (bicyclic) bond motifs is 1. The smallest absolute Gasteiger partial charge is 0.251 e. The van der Waals surface area contributed by atoms with E-state index >= 15 is 0 Å². The van der Waals surface area contributed by atoms with Crippen LogP contribution in [0.4, 0.5) is 4.39 Å². The highest BCUT2D eigenvalue weighted by atomic mass is 19.1. The number of hydrogen-bond acceptors (Lipinski definition) is 1. The molecule has 0 atom stereocenters. The second-order valence-corrected chi connectivity index (χ2v) is 7.61. The monoisotopic (exact) mass is 400 g/mol. The molecule has 3 nitrogen and oxygen atoms in total. The van der Waals surface area contributed by atoms with Gasteiger partial charge in [-0.3, -0.25) is 4.79 Å². The second-order valence-electron chi connectivity index (χ2n) is 7.61. The topological polar surface area (TPSA) is 34.0 Å². The van der Waals surface area contributed by atoms with E-state index in [1.807, 2.05) is 62.4 Å². The van der Waals surface area contributed by atoms with Crippen LogP contribution in [-0.4, -0.2) is 17.0 Å². The van der Waals surface area contributed by atoms with Crippen LogP contribution in [0.2, 0.25) is 0 Å². The number of hydrogen-bond donors (Lipinski definition) is 1. The average molecular weight is 400 g/mol. The lowest BCUT2D eigenvalue weighted by molar-refractivity contribution is 0.0954. The van der Waals surface area contributed by atoms with E-state index in [1.54, 1.807) is 6.07 Å². The zero-order valence-corrected chi connectivity index (χ0v) is 17.3. The maximum atomic E-state index is 14.2. The van der Waals surface area contributed by atoms with E-state index in [0.29, 0.717) is 24.2 Å². The van der Waals surface area contributed by atoms with E-state index in [1.165, 1.54) is 11.6 Å². The zero-order chi connectivity index (χ0) is 21.1. The van der Waals surface area contributed by atoms with Gasteiger partial charge >= 0.3 is 0 Å². The van der Waals surface area contributed by atoms with Crippen LogP contribution in [0.15, 0.2) is 72.8 Å². The van der Waals surface area contributed by atoms with Crippen molar-refractivity contribution in [3.05, 3.63) is 107 Å². The molecule has 1 aromatic heterocycles. The molecule has 1 N–H and O–H groups in total. The number of carbonyl (C=O) groups excluding carboxylic acids is 1. The Hall–Kier alpha value is -3.40. The summed E-state index contributed by atoms with van der Waals surface area (Å²) in [5, 5.41) is 4.03. The molecule has 0 aliphatic rings. The van der Waals surface area contributed by atoms with E-state index in [2.05, 4.69) is 22.0 Å². The Balaban J connectivity index is 1.55. The molecular weight excluding hydrogens is 375 g/mol. The summed E-state index contributed by atoms with van der Waals surface area (Å²) >= 11 is 0. The summed E-state index contributed by atoms with van der Waals surface area (Å²) < 4.78 is 16.3. The largest absolute Gasteiger partial charge is 0.352 e. The summed E-state index contributed by atoms with van der Waals surface area (Å²) in [6, 6.07) is 22.7. The molecule has 3 aromatic carbocycles. The normalized spacial score (nSPS) is 11.0. The molecule has 0 spiro atoms. The third-order valence-corrected chi connectivity index (χ3v) is 5.73. The predicted molar refractivity (Wildman–Crippen MR) is 119 cm³/mol. The molecule has 0 saturated carbocycles. The summed E-state index contributed by atoms with van der Waals surface area (Å²) in [5.41, 5.74) is 5.69. The van der Waals surface area contributed by atoms with Crippen molar-refractivity contribution in [1.82, 2.24) is 9.88 Å². The minimum Gasteiger partial charge on any atom is -0.352 e. The third kappa shape index (κ3) is 3.99. The van der Waals surface area contributed by atoms with Gasteiger partial charge in [0.25, 0.3) is 5.91 Å². The van der Waals surface area contributed by atoms with Crippen LogP contribution in [0.3, 0.4) is 0 Å². The number of aryl methyl sites for hydroxylation is 1. The molecule has 0 unspecified atom stereocenters. The van der Waals surface area contributed by atoms with Crippen molar-refractivity contribution < 1.29 is 9.18 Å². The molecule has 4 heteroatoms. The summed E-state index contributed by atoms with van der Waals surface area (Å²) in [7, 11) is 0. The first-order chi connectivity index (χ1) is 14.5. The van der Waals surface area contributed by atoms with Crippen molar-refractivity contribution in [2.75, 3.05) is 6.54 Å². The first kappa shape index (κ1) is 19.9. The van der Waals surface area contributed by atoms with Gasteiger partial charge in [0.15, 0.2) is 0 Å². The summed E-state index contributed by atoms with van der Waals surface area (Å²) in [6.07, 6.45) is 0.798. The minimum absolute atomic E-state index is 0.0771. The predicted octanol–water partition coefficient (Wildman–Crippen LogP) is 5.42. The number of aromatic nitrogens is 1. The molecule has 4 rings (SSSR count). The molecule has 0 aliphatic carbocycles. The molecule has 0 saturated heterocycles. The Morgan fingerprint density at radius 2 is 1.70 bits per heavy atom. The first-order valence-electron chi connectivity index (χ1n) is 10.2. The van der Waals surface area contributed by atoms with Crippen molar-refractivity contribution in [2.45, 2.75) is 26.8 Å². The van der Waals surface area contributed by atoms with Crippen molar-refractivity contribution in [1.29, 1.82) is 0 Å². The van der Waals surface area contributed by atoms with Gasteiger partial charge in [0, 0.05) is 34.3 Å². The average Bonchev–Trinajstić information content (AvgIpc) is 3.00. The first-order valence-corrected chi connectivity index (χ1v) is 10.2. The SMILES string of the molecule is Cc1c(C)n(Cc2ccccc2F)c2ccc(C(=O)NCCc3ccccc3)cc12. The lowest BCUT2D eigenvalue weighted by Gasteiger charge is -2.10. The number of rotatable bonds is 6. The molecule has 0 fully saturated rings. The van der Waals surface area contributed by atoms with Crippen LogP contribution in [0.5, 0.6) is 0 Å². The van der Waals surface area contributed by atoms with E-state index in [-0.39, 0.29) is 11.7 Å². The lowest BCUT2D eigenvalue weighted by Crippen LogP contribution is -2.25. The number of nitrogens with zero attached hydrogens (tertiary/aromatic N) is 1. The number of carbonyl (C=O) groups is 1. The highest BCUT2D eigenvalue weighted by Gasteiger charge is 2.15. The lowest BCUT2D eigenvalue weighted by atomic mass is 10.1. The Morgan fingerprint density at radius 1 is 0.967 bits per heavy atom. The van der Waals surface area contributed by atoms with Crippen molar-refractivity contribution in [3.63, 3.8) is 0 Å². The van der Waals surface area contributed by atoms with Crippen LogP contribution in [0, 0.1) is 19.7 Å². The van der Waals surface area contributed by atoms with Crippen LogP contribution in [0.1, 0.15) is 32.7 Å². The van der Waals surface area contributed by atoms with Gasteiger partial charge in [-0.15, -0.1) is 0 Å². The van der Waals surface area contributed by atoms with Gasteiger partial charge < -0.3 is 9.88 Å². The summed E-state index contributed by atoms with van der Waals surface area (Å²) in [4.78, 5) is 12.6. The maximum Gasteiger partial charge on any atom is 0.251 e. The quantitative estimate of drug-likeness (QED) is 0.461. The highest BCUT2D eigenvalue weighted by Crippen LogP contribution is 2.27. The van der Waals surface area contributed by atoms with Crippen molar-refractivity contribution in [2.24, 2.45) is 0 Å². The summed E-state index contributed by atoms with van der Waals surface area (Å²) in [6.45, 7) is 5.14. The molecule has 1 heterocycles. The molecule has 152 valence electrons. The molecule has 0 aliphatic heterocycles. The minimum atomic E-state index is -0.203. The van der Waals surface area contributed by atoms with E-state index in [4.69, 9.17) is 0 Å². The van der Waals surface area contributed by atoms with E-state index in [9.17, 15) is 9.18 Å². The zero-order valence-electron chi connectivity index (χ0n) is 17.3. The van der Waals surface area contributed by atoms with Crippen molar-refractivity contribution >= 4 is 16.8 Å². The van der Waals surface area contributed by atoms with Crippen molar-refractivity contribution in [3.8, 4) is 0 Å². The van der Waals surface area contributed by atoms with Gasteiger partial charge in [0.2, 0.25) is 0 Å². The molecule has 4 aromatic rings. The number of benzene rings is 3. The van der Waals surface area contributed by atoms with Gasteiger partial charge in [0.05, 0.1) is 6.54 Å². The fraction of sp³-hybridized carbons (Fsp3) is 0.192.